The molecule has 6 heteroatoms. The summed E-state index contributed by atoms with van der Waals surface area (Å²) in [7, 11) is 0. The largest absolute Gasteiger partial charge is 0.340 e. The second-order valence-corrected chi connectivity index (χ2v) is 7.38. The maximum absolute atomic E-state index is 6.30. The van der Waals surface area contributed by atoms with E-state index in [0.29, 0.717) is 11.6 Å². The van der Waals surface area contributed by atoms with Gasteiger partial charge in [0, 0.05) is 10.0 Å². The number of fused-ring (bicyclic) bond motifs is 1. The Morgan fingerprint density at radius 1 is 1.24 bits per heavy atom. The SMILES string of the molecule is Cc1ccc(Cn2c(NC3CCCN3)nc3ccc(Cl)cc32)cc1Cl. The molecule has 0 saturated carbocycles. The van der Waals surface area contributed by atoms with Crippen LogP contribution in [0.3, 0.4) is 0 Å². The van der Waals surface area contributed by atoms with Gasteiger partial charge in [-0.05, 0) is 61.7 Å². The number of nitrogens with one attached hydrogen (secondary N) is 2. The normalized spacial score (nSPS) is 17.3. The third-order valence-electron chi connectivity index (χ3n) is 4.65. The number of nitrogens with zero attached hydrogens (tertiary/aromatic N) is 2. The first-order valence-corrected chi connectivity index (χ1v) is 9.26. The molecule has 2 heterocycles. The minimum Gasteiger partial charge on any atom is -0.340 e. The van der Waals surface area contributed by atoms with Crippen molar-refractivity contribution in [3.8, 4) is 0 Å². The van der Waals surface area contributed by atoms with Crippen LogP contribution >= 0.6 is 23.2 Å². The Hall–Kier alpha value is -1.75. The molecule has 0 spiro atoms. The summed E-state index contributed by atoms with van der Waals surface area (Å²) in [6.45, 7) is 3.74. The molecule has 3 aromatic rings. The number of aromatic nitrogens is 2. The fourth-order valence-electron chi connectivity index (χ4n) is 3.25. The van der Waals surface area contributed by atoms with Gasteiger partial charge in [0.15, 0.2) is 0 Å². The quantitative estimate of drug-likeness (QED) is 0.687. The van der Waals surface area contributed by atoms with Crippen LogP contribution in [0.4, 0.5) is 5.95 Å². The number of hydrogen-bond acceptors (Lipinski definition) is 3. The monoisotopic (exact) mass is 374 g/mol. The smallest absolute Gasteiger partial charge is 0.205 e. The van der Waals surface area contributed by atoms with Crippen LogP contribution in [-0.4, -0.2) is 22.3 Å². The Kier molecular flexibility index (Phi) is 4.59. The standard InChI is InChI=1S/C19H20Cl2N4/c1-12-4-5-13(9-15(12)21)11-25-17-10-14(20)6-7-16(17)23-19(25)24-18-3-2-8-22-18/h4-7,9-10,18,22H,2-3,8,11H2,1H3,(H,23,24). The van der Waals surface area contributed by atoms with Crippen molar-refractivity contribution in [2.75, 3.05) is 11.9 Å². The lowest BCUT2D eigenvalue weighted by Gasteiger charge is -2.16. The Bertz CT molecular complexity index is 913. The van der Waals surface area contributed by atoms with E-state index in [-0.39, 0.29) is 6.17 Å². The van der Waals surface area contributed by atoms with E-state index in [4.69, 9.17) is 28.2 Å². The Morgan fingerprint density at radius 3 is 2.88 bits per heavy atom. The van der Waals surface area contributed by atoms with Gasteiger partial charge in [-0.2, -0.15) is 0 Å². The minimum atomic E-state index is 0.257. The van der Waals surface area contributed by atoms with Crippen LogP contribution < -0.4 is 10.6 Å². The summed E-state index contributed by atoms with van der Waals surface area (Å²) < 4.78 is 2.17. The van der Waals surface area contributed by atoms with Gasteiger partial charge in [0.25, 0.3) is 0 Å². The first-order chi connectivity index (χ1) is 12.1. The molecule has 4 nitrogen and oxygen atoms in total. The summed E-state index contributed by atoms with van der Waals surface area (Å²) in [5.41, 5.74) is 4.17. The third kappa shape index (κ3) is 3.47. The van der Waals surface area contributed by atoms with E-state index >= 15 is 0 Å². The molecule has 130 valence electrons. The average Bonchev–Trinajstić information content (AvgIpc) is 3.20. The summed E-state index contributed by atoms with van der Waals surface area (Å²) in [6.07, 6.45) is 2.53. The van der Waals surface area contributed by atoms with E-state index in [1.807, 2.05) is 31.2 Å². The maximum atomic E-state index is 6.30. The molecule has 1 atom stereocenters. The lowest BCUT2D eigenvalue weighted by Crippen LogP contribution is -2.31. The second-order valence-electron chi connectivity index (χ2n) is 6.53. The van der Waals surface area contributed by atoms with Crippen LogP contribution in [0.25, 0.3) is 11.0 Å². The van der Waals surface area contributed by atoms with Gasteiger partial charge < -0.3 is 9.88 Å². The van der Waals surface area contributed by atoms with Crippen molar-refractivity contribution in [1.29, 1.82) is 0 Å². The van der Waals surface area contributed by atoms with Gasteiger partial charge in [-0.1, -0.05) is 35.3 Å². The van der Waals surface area contributed by atoms with Crippen molar-refractivity contribution in [2.24, 2.45) is 0 Å². The lowest BCUT2D eigenvalue weighted by atomic mass is 10.1. The molecule has 1 unspecified atom stereocenters. The molecular weight excluding hydrogens is 355 g/mol. The lowest BCUT2D eigenvalue weighted by molar-refractivity contribution is 0.661. The maximum Gasteiger partial charge on any atom is 0.205 e. The highest BCUT2D eigenvalue weighted by Crippen LogP contribution is 2.26. The molecule has 2 N–H and O–H groups in total. The Balaban J connectivity index is 1.75. The fourth-order valence-corrected chi connectivity index (χ4v) is 3.62. The molecule has 1 aliphatic heterocycles. The summed E-state index contributed by atoms with van der Waals surface area (Å²) >= 11 is 12.5. The first kappa shape index (κ1) is 16.7. The molecule has 2 aromatic carbocycles. The van der Waals surface area contributed by atoms with Gasteiger partial charge in [0.05, 0.1) is 23.7 Å². The number of imidazole rings is 1. The van der Waals surface area contributed by atoms with E-state index in [1.54, 1.807) is 0 Å². The Morgan fingerprint density at radius 2 is 2.12 bits per heavy atom. The highest BCUT2D eigenvalue weighted by Gasteiger charge is 2.18. The Labute approximate surface area is 157 Å². The topological polar surface area (TPSA) is 41.9 Å². The van der Waals surface area contributed by atoms with Crippen molar-refractivity contribution in [1.82, 2.24) is 14.9 Å². The van der Waals surface area contributed by atoms with E-state index < -0.39 is 0 Å². The molecule has 1 aliphatic rings. The van der Waals surface area contributed by atoms with Crippen molar-refractivity contribution >= 4 is 40.2 Å². The van der Waals surface area contributed by atoms with Gasteiger partial charge in [-0.3, -0.25) is 5.32 Å². The highest BCUT2D eigenvalue weighted by atomic mass is 35.5. The molecular formula is C19H20Cl2N4. The molecule has 0 aliphatic carbocycles. The van der Waals surface area contributed by atoms with Gasteiger partial charge in [-0.25, -0.2) is 4.98 Å². The van der Waals surface area contributed by atoms with E-state index in [9.17, 15) is 0 Å². The number of halogens is 2. The number of benzene rings is 2. The van der Waals surface area contributed by atoms with Crippen LogP contribution in [0.15, 0.2) is 36.4 Å². The minimum absolute atomic E-state index is 0.257. The van der Waals surface area contributed by atoms with Crippen molar-refractivity contribution in [3.63, 3.8) is 0 Å². The summed E-state index contributed by atoms with van der Waals surface area (Å²) in [6, 6.07) is 12.0. The third-order valence-corrected chi connectivity index (χ3v) is 5.29. The number of anilines is 1. The molecule has 1 saturated heterocycles. The van der Waals surface area contributed by atoms with Crippen LogP contribution in [0.1, 0.15) is 24.0 Å². The second kappa shape index (κ2) is 6.87. The zero-order valence-electron chi connectivity index (χ0n) is 14.0. The van der Waals surface area contributed by atoms with Crippen molar-refractivity contribution < 1.29 is 0 Å². The van der Waals surface area contributed by atoms with Crippen molar-refractivity contribution in [2.45, 2.75) is 32.5 Å². The summed E-state index contributed by atoms with van der Waals surface area (Å²) in [5.74, 6) is 0.855. The zero-order chi connectivity index (χ0) is 17.4. The van der Waals surface area contributed by atoms with Crippen LogP contribution in [-0.2, 0) is 6.54 Å². The van der Waals surface area contributed by atoms with E-state index in [2.05, 4.69) is 27.3 Å². The predicted octanol–water partition coefficient (Wildman–Crippen LogP) is 4.82. The van der Waals surface area contributed by atoms with Gasteiger partial charge in [-0.15, -0.1) is 0 Å². The van der Waals surface area contributed by atoms with Gasteiger partial charge in [0.1, 0.15) is 0 Å². The highest BCUT2D eigenvalue weighted by molar-refractivity contribution is 6.31. The van der Waals surface area contributed by atoms with Gasteiger partial charge in [0.2, 0.25) is 5.95 Å². The molecule has 4 rings (SSSR count). The summed E-state index contributed by atoms with van der Waals surface area (Å²) in [5, 5.41) is 8.48. The van der Waals surface area contributed by atoms with Crippen LogP contribution in [0, 0.1) is 6.92 Å². The number of rotatable bonds is 4. The zero-order valence-corrected chi connectivity index (χ0v) is 15.5. The van der Waals surface area contributed by atoms with Crippen molar-refractivity contribution in [3.05, 3.63) is 57.6 Å². The van der Waals surface area contributed by atoms with Crippen LogP contribution in [0.5, 0.6) is 0 Å². The molecule has 0 radical (unpaired) electrons. The first-order valence-electron chi connectivity index (χ1n) is 8.51. The molecule has 1 fully saturated rings. The average molecular weight is 375 g/mol. The molecule has 1 aromatic heterocycles. The fraction of sp³-hybridized carbons (Fsp3) is 0.316. The molecule has 0 bridgehead atoms. The van der Waals surface area contributed by atoms with E-state index in [0.717, 1.165) is 46.1 Å². The number of aryl methyl sites for hydroxylation is 1. The van der Waals surface area contributed by atoms with Gasteiger partial charge >= 0.3 is 0 Å². The van der Waals surface area contributed by atoms with Crippen LogP contribution in [0.2, 0.25) is 10.0 Å². The molecule has 0 amide bonds. The van der Waals surface area contributed by atoms with E-state index in [1.165, 1.54) is 6.42 Å². The molecule has 25 heavy (non-hydrogen) atoms. The number of hydrogen-bond donors (Lipinski definition) is 2. The summed E-state index contributed by atoms with van der Waals surface area (Å²) in [4.78, 5) is 4.77. The predicted molar refractivity (Wildman–Crippen MR) is 105 cm³/mol.